The average Bonchev–Trinajstić information content (AvgIpc) is 3.38. The molecule has 1 heterocycles. The van der Waals surface area contributed by atoms with E-state index in [2.05, 4.69) is 9.88 Å². The van der Waals surface area contributed by atoms with Gasteiger partial charge in [-0.25, -0.2) is 4.39 Å². The highest BCUT2D eigenvalue weighted by Crippen LogP contribution is 2.32. The molecule has 0 bridgehead atoms. The Morgan fingerprint density at radius 3 is 2.35 bits per heavy atom. The lowest BCUT2D eigenvalue weighted by Gasteiger charge is -2.28. The van der Waals surface area contributed by atoms with Gasteiger partial charge in [0.05, 0.1) is 11.7 Å². The molecule has 1 saturated carbocycles. The molecule has 1 atom stereocenters. The number of H-pyrrole nitrogens is 1. The lowest BCUT2D eigenvalue weighted by molar-refractivity contribution is 0.0809. The predicted molar refractivity (Wildman–Crippen MR) is 99.0 cm³/mol. The molecule has 138 valence electrons. The molecule has 1 N–H and O–H groups in total. The minimum absolute atomic E-state index is 0.00730. The van der Waals surface area contributed by atoms with Crippen LogP contribution in [0.15, 0.2) is 24.3 Å². The second kappa shape index (κ2) is 7.16. The lowest BCUT2D eigenvalue weighted by Crippen LogP contribution is -2.40. The van der Waals surface area contributed by atoms with Crippen LogP contribution in [0.3, 0.4) is 0 Å². The maximum atomic E-state index is 13.2. The number of aryl methyl sites for hydroxylation is 1. The van der Waals surface area contributed by atoms with E-state index >= 15 is 0 Å². The van der Waals surface area contributed by atoms with E-state index in [1.165, 1.54) is 19.1 Å². The number of nitrogens with one attached hydrogen (secondary N) is 1. The van der Waals surface area contributed by atoms with Crippen molar-refractivity contribution in [3.05, 3.63) is 58.2 Å². The number of Topliss-reactive ketones (excluding diaryl/α,β-unsaturated/α-hetero) is 2. The number of hydrogen-bond acceptors (Lipinski definition) is 3. The largest absolute Gasteiger partial charge is 0.355 e. The smallest absolute Gasteiger partial charge is 0.196 e. The molecule has 1 aliphatic rings. The molecular formula is C21H25FN2O2. The van der Waals surface area contributed by atoms with E-state index in [0.29, 0.717) is 23.8 Å². The maximum absolute atomic E-state index is 13.2. The van der Waals surface area contributed by atoms with Crippen LogP contribution in [0.5, 0.6) is 0 Å². The molecule has 1 aliphatic carbocycles. The van der Waals surface area contributed by atoms with Gasteiger partial charge in [-0.05, 0) is 63.8 Å². The Morgan fingerprint density at radius 1 is 1.23 bits per heavy atom. The molecule has 1 fully saturated rings. The van der Waals surface area contributed by atoms with E-state index in [9.17, 15) is 14.0 Å². The predicted octanol–water partition coefficient (Wildman–Crippen LogP) is 4.21. The molecule has 26 heavy (non-hydrogen) atoms. The summed E-state index contributed by atoms with van der Waals surface area (Å²) in [6, 6.07) is 6.49. The van der Waals surface area contributed by atoms with Gasteiger partial charge < -0.3 is 4.98 Å². The molecule has 3 rings (SSSR count). The molecule has 0 unspecified atom stereocenters. The van der Waals surface area contributed by atoms with Crippen LogP contribution in [0.25, 0.3) is 0 Å². The molecule has 4 nitrogen and oxygen atoms in total. The number of nitrogens with zero attached hydrogens (tertiary/aromatic N) is 1. The average molecular weight is 356 g/mol. The Bertz CT molecular complexity index is 834. The van der Waals surface area contributed by atoms with Gasteiger partial charge in [-0.1, -0.05) is 12.1 Å². The van der Waals surface area contributed by atoms with E-state index in [0.717, 1.165) is 29.7 Å². The highest BCUT2D eigenvalue weighted by Gasteiger charge is 2.36. The number of carbonyl (C=O) groups is 2. The Morgan fingerprint density at radius 2 is 1.85 bits per heavy atom. The minimum atomic E-state index is -0.316. The SMILES string of the molecule is CC(=O)c1c(C)[nH]c(C(=O)[C@H](C)N(Cc2ccc(F)cc2)C2CC2)c1C. The van der Waals surface area contributed by atoms with E-state index < -0.39 is 0 Å². The van der Waals surface area contributed by atoms with Gasteiger partial charge in [0, 0.05) is 23.8 Å². The molecule has 0 aliphatic heterocycles. The van der Waals surface area contributed by atoms with Crippen LogP contribution >= 0.6 is 0 Å². The van der Waals surface area contributed by atoms with Crippen LogP contribution in [-0.4, -0.2) is 33.5 Å². The number of halogens is 1. The van der Waals surface area contributed by atoms with E-state index in [-0.39, 0.29) is 23.4 Å². The summed E-state index contributed by atoms with van der Waals surface area (Å²) in [5.41, 5.74) is 3.58. The van der Waals surface area contributed by atoms with Gasteiger partial charge in [0.2, 0.25) is 0 Å². The molecule has 1 aromatic carbocycles. The van der Waals surface area contributed by atoms with Crippen molar-refractivity contribution in [1.29, 1.82) is 0 Å². The second-order valence-electron chi connectivity index (χ2n) is 7.25. The van der Waals surface area contributed by atoms with Crippen LogP contribution in [0.4, 0.5) is 4.39 Å². The third-order valence-corrected chi connectivity index (χ3v) is 5.21. The van der Waals surface area contributed by atoms with Crippen molar-refractivity contribution >= 4 is 11.6 Å². The first-order valence-electron chi connectivity index (χ1n) is 9.04. The summed E-state index contributed by atoms with van der Waals surface area (Å²) >= 11 is 0. The molecule has 0 spiro atoms. The Kier molecular flexibility index (Phi) is 5.10. The number of hydrogen-bond donors (Lipinski definition) is 1. The van der Waals surface area contributed by atoms with Crippen molar-refractivity contribution in [2.24, 2.45) is 0 Å². The van der Waals surface area contributed by atoms with Crippen molar-refractivity contribution < 1.29 is 14.0 Å². The van der Waals surface area contributed by atoms with Gasteiger partial charge in [-0.2, -0.15) is 0 Å². The summed E-state index contributed by atoms with van der Waals surface area (Å²) in [5, 5.41) is 0. The zero-order valence-electron chi connectivity index (χ0n) is 15.7. The summed E-state index contributed by atoms with van der Waals surface area (Å²) in [6.45, 7) is 7.68. The first-order valence-corrected chi connectivity index (χ1v) is 9.04. The molecule has 0 amide bonds. The summed E-state index contributed by atoms with van der Waals surface area (Å²) in [4.78, 5) is 30.3. The number of carbonyl (C=O) groups excluding carboxylic acids is 2. The van der Waals surface area contributed by atoms with Crippen molar-refractivity contribution in [3.63, 3.8) is 0 Å². The first-order chi connectivity index (χ1) is 12.3. The Labute approximate surface area is 153 Å². The fourth-order valence-corrected chi connectivity index (χ4v) is 3.67. The summed E-state index contributed by atoms with van der Waals surface area (Å²) in [5.74, 6) is -0.300. The minimum Gasteiger partial charge on any atom is -0.355 e. The third kappa shape index (κ3) is 3.63. The van der Waals surface area contributed by atoms with Crippen LogP contribution in [0.1, 0.15) is 64.4 Å². The molecule has 2 aromatic rings. The van der Waals surface area contributed by atoms with E-state index in [1.807, 2.05) is 20.8 Å². The highest BCUT2D eigenvalue weighted by atomic mass is 19.1. The fourth-order valence-electron chi connectivity index (χ4n) is 3.67. The molecule has 0 saturated heterocycles. The van der Waals surface area contributed by atoms with Crippen LogP contribution in [0, 0.1) is 19.7 Å². The van der Waals surface area contributed by atoms with Crippen molar-refractivity contribution in [1.82, 2.24) is 9.88 Å². The zero-order valence-corrected chi connectivity index (χ0v) is 15.7. The van der Waals surface area contributed by atoms with Crippen LogP contribution in [0.2, 0.25) is 0 Å². The summed E-state index contributed by atoms with van der Waals surface area (Å²) in [6.07, 6.45) is 2.14. The zero-order chi connectivity index (χ0) is 19.0. The van der Waals surface area contributed by atoms with Gasteiger partial charge in [0.15, 0.2) is 11.6 Å². The monoisotopic (exact) mass is 356 g/mol. The number of benzene rings is 1. The molecular weight excluding hydrogens is 331 g/mol. The number of aromatic nitrogens is 1. The van der Waals surface area contributed by atoms with Gasteiger partial charge in [0.1, 0.15) is 5.82 Å². The van der Waals surface area contributed by atoms with Crippen molar-refractivity contribution in [2.75, 3.05) is 0 Å². The number of aromatic amines is 1. The van der Waals surface area contributed by atoms with Crippen LogP contribution in [-0.2, 0) is 6.54 Å². The first kappa shape index (κ1) is 18.5. The van der Waals surface area contributed by atoms with Gasteiger partial charge in [-0.3, -0.25) is 14.5 Å². The van der Waals surface area contributed by atoms with Gasteiger partial charge in [0.25, 0.3) is 0 Å². The molecule has 0 radical (unpaired) electrons. The van der Waals surface area contributed by atoms with Crippen molar-refractivity contribution in [2.45, 2.75) is 59.2 Å². The van der Waals surface area contributed by atoms with E-state index in [1.54, 1.807) is 12.1 Å². The molecule has 1 aromatic heterocycles. The summed E-state index contributed by atoms with van der Waals surface area (Å²) < 4.78 is 13.2. The quantitative estimate of drug-likeness (QED) is 0.756. The van der Waals surface area contributed by atoms with Crippen LogP contribution < -0.4 is 0 Å². The standard InChI is InChI=1S/C21H25FN2O2/c1-12-19(15(4)25)13(2)23-20(12)21(26)14(3)24(18-9-10-18)11-16-5-7-17(22)8-6-16/h5-8,14,18,23H,9-11H2,1-4H3/t14-/m0/s1. The maximum Gasteiger partial charge on any atom is 0.196 e. The topological polar surface area (TPSA) is 53.2 Å². The second-order valence-corrected chi connectivity index (χ2v) is 7.25. The third-order valence-electron chi connectivity index (χ3n) is 5.21. The normalized spacial score (nSPS) is 15.3. The number of ketones is 2. The lowest BCUT2D eigenvalue weighted by atomic mass is 10.0. The van der Waals surface area contributed by atoms with Crippen molar-refractivity contribution in [3.8, 4) is 0 Å². The molecule has 5 heteroatoms. The van der Waals surface area contributed by atoms with Gasteiger partial charge >= 0.3 is 0 Å². The highest BCUT2D eigenvalue weighted by molar-refractivity contribution is 6.05. The van der Waals surface area contributed by atoms with Gasteiger partial charge in [-0.15, -0.1) is 0 Å². The number of rotatable bonds is 7. The summed E-state index contributed by atoms with van der Waals surface area (Å²) in [7, 11) is 0. The van der Waals surface area contributed by atoms with E-state index in [4.69, 9.17) is 0 Å². The Balaban J connectivity index is 1.84. The Hall–Kier alpha value is -2.27. The fraction of sp³-hybridized carbons (Fsp3) is 0.429.